The van der Waals surface area contributed by atoms with E-state index in [4.69, 9.17) is 9.47 Å². The highest BCUT2D eigenvalue weighted by molar-refractivity contribution is 5.82. The molecule has 3 rings (SSSR count). The van der Waals surface area contributed by atoms with E-state index in [1.54, 1.807) is 4.90 Å². The van der Waals surface area contributed by atoms with Crippen LogP contribution in [0.4, 0.5) is 4.79 Å². The number of esters is 1. The van der Waals surface area contributed by atoms with Crippen molar-refractivity contribution < 1.29 is 19.1 Å². The molecule has 2 aromatic rings. The first-order chi connectivity index (χ1) is 13.7. The normalized spacial score (nSPS) is 18.1. The number of carbonyl (C=O) groups excluding carboxylic acids is 2. The first-order valence-electron chi connectivity index (χ1n) is 9.22. The van der Waals surface area contributed by atoms with E-state index in [0.717, 1.165) is 16.8 Å². The van der Waals surface area contributed by atoms with Gasteiger partial charge in [-0.15, -0.1) is 0 Å². The fraction of sp³-hybridized carbons (Fsp3) is 0.273. The topological polar surface area (TPSA) is 67.9 Å². The summed E-state index contributed by atoms with van der Waals surface area (Å²) >= 11 is 0. The van der Waals surface area contributed by atoms with Crippen LogP contribution in [0.5, 0.6) is 0 Å². The van der Waals surface area contributed by atoms with Crippen molar-refractivity contribution in [2.45, 2.75) is 19.1 Å². The molecular formula is C22H24N2O4. The molecular weight excluding hydrogens is 356 g/mol. The lowest BCUT2D eigenvalue weighted by Crippen LogP contribution is -2.36. The summed E-state index contributed by atoms with van der Waals surface area (Å²) in [5.74, 6) is -0.422. The molecule has 6 heteroatoms. The first-order valence-corrected chi connectivity index (χ1v) is 9.22. The number of hydrogen-bond donors (Lipinski definition) is 1. The third-order valence-electron chi connectivity index (χ3n) is 4.61. The number of benzene rings is 2. The van der Waals surface area contributed by atoms with Gasteiger partial charge in [0.05, 0.1) is 13.2 Å². The van der Waals surface area contributed by atoms with Crippen LogP contribution in [-0.4, -0.2) is 37.2 Å². The molecule has 1 N–H and O–H groups in total. The van der Waals surface area contributed by atoms with E-state index in [1.165, 1.54) is 13.2 Å². The van der Waals surface area contributed by atoms with Crippen molar-refractivity contribution in [3.63, 3.8) is 0 Å². The maximum absolute atomic E-state index is 12.9. The second-order valence-electron chi connectivity index (χ2n) is 6.48. The van der Waals surface area contributed by atoms with Gasteiger partial charge in [0.2, 0.25) is 0 Å². The minimum atomic E-state index is -0.422. The van der Waals surface area contributed by atoms with E-state index >= 15 is 0 Å². The number of ether oxygens (including phenoxy) is 2. The maximum Gasteiger partial charge on any atom is 0.410 e. The van der Waals surface area contributed by atoms with Crippen LogP contribution in [0.2, 0.25) is 0 Å². The van der Waals surface area contributed by atoms with E-state index in [0.29, 0.717) is 19.5 Å². The van der Waals surface area contributed by atoms with Crippen LogP contribution in [0, 0.1) is 0 Å². The molecule has 6 nitrogen and oxygen atoms in total. The van der Waals surface area contributed by atoms with Crippen molar-refractivity contribution in [2.75, 3.05) is 20.2 Å². The predicted molar refractivity (Wildman–Crippen MR) is 105 cm³/mol. The Morgan fingerprint density at radius 1 is 1.11 bits per heavy atom. The van der Waals surface area contributed by atoms with Crippen LogP contribution in [-0.2, 0) is 20.9 Å². The molecule has 0 spiro atoms. The summed E-state index contributed by atoms with van der Waals surface area (Å²) in [7, 11) is 1.35. The summed E-state index contributed by atoms with van der Waals surface area (Å²) in [4.78, 5) is 26.2. The predicted octanol–water partition coefficient (Wildman–Crippen LogP) is 3.42. The third-order valence-corrected chi connectivity index (χ3v) is 4.61. The molecule has 0 bridgehead atoms. The number of hydrogen-bond acceptors (Lipinski definition) is 5. The highest BCUT2D eigenvalue weighted by Gasteiger charge is 2.29. The molecule has 0 aromatic heterocycles. The lowest BCUT2D eigenvalue weighted by molar-refractivity contribution is -0.134. The van der Waals surface area contributed by atoms with Gasteiger partial charge in [-0.25, -0.2) is 9.59 Å². The van der Waals surface area contributed by atoms with Crippen LogP contribution in [0.1, 0.15) is 23.6 Å². The molecule has 0 saturated carbocycles. The highest BCUT2D eigenvalue weighted by atomic mass is 16.6. The van der Waals surface area contributed by atoms with Crippen LogP contribution < -0.4 is 5.32 Å². The Labute approximate surface area is 164 Å². The quantitative estimate of drug-likeness (QED) is 0.650. The Kier molecular flexibility index (Phi) is 6.68. The maximum atomic E-state index is 12.9. The number of methoxy groups -OCH3 is 1. The summed E-state index contributed by atoms with van der Waals surface area (Å²) in [6.45, 7) is 1.20. The lowest BCUT2D eigenvalue weighted by Gasteiger charge is -2.29. The zero-order chi connectivity index (χ0) is 19.8. The molecule has 1 amide bonds. The zero-order valence-electron chi connectivity index (χ0n) is 15.8. The molecule has 28 heavy (non-hydrogen) atoms. The monoisotopic (exact) mass is 380 g/mol. The van der Waals surface area contributed by atoms with Gasteiger partial charge in [-0.3, -0.25) is 4.90 Å². The molecule has 146 valence electrons. The van der Waals surface area contributed by atoms with E-state index in [9.17, 15) is 9.59 Å². The summed E-state index contributed by atoms with van der Waals surface area (Å²) in [5, 5.41) is 3.22. The first kappa shape index (κ1) is 19.5. The number of carbonyl (C=O) groups is 2. The second-order valence-corrected chi connectivity index (χ2v) is 6.48. The molecule has 0 radical (unpaired) electrons. The van der Waals surface area contributed by atoms with Gasteiger partial charge < -0.3 is 14.8 Å². The highest BCUT2D eigenvalue weighted by Crippen LogP contribution is 2.29. The molecule has 1 fully saturated rings. The summed E-state index contributed by atoms with van der Waals surface area (Å²) in [6.07, 6.45) is 1.53. The standard InChI is InChI=1S/C22H24N2O4/c1-27-21(25)15-19-14-20(18-10-6-3-7-11-18)24(13-12-23-19)22(26)28-16-17-8-4-2-5-9-17/h2-11,15,20,23H,12-14,16H2,1H3/b19-15-. The number of nitrogens with zero attached hydrogens (tertiary/aromatic N) is 1. The van der Waals surface area contributed by atoms with Crippen LogP contribution in [0.25, 0.3) is 0 Å². The van der Waals surface area contributed by atoms with Crippen LogP contribution in [0.15, 0.2) is 72.4 Å². The van der Waals surface area contributed by atoms with Gasteiger partial charge in [-0.2, -0.15) is 0 Å². The fourth-order valence-corrected chi connectivity index (χ4v) is 3.19. The van der Waals surface area contributed by atoms with Gasteiger partial charge in [0.25, 0.3) is 0 Å². The molecule has 1 atom stereocenters. The zero-order valence-corrected chi connectivity index (χ0v) is 15.8. The van der Waals surface area contributed by atoms with Crippen molar-refractivity contribution in [3.8, 4) is 0 Å². The molecule has 1 aliphatic heterocycles. The van der Waals surface area contributed by atoms with Gasteiger partial charge in [0, 0.05) is 31.3 Å². The third kappa shape index (κ3) is 5.13. The van der Waals surface area contributed by atoms with Crippen molar-refractivity contribution in [2.24, 2.45) is 0 Å². The molecule has 1 saturated heterocycles. The van der Waals surface area contributed by atoms with Crippen molar-refractivity contribution >= 4 is 12.1 Å². The minimum absolute atomic E-state index is 0.218. The smallest absolute Gasteiger partial charge is 0.410 e. The Morgan fingerprint density at radius 2 is 1.79 bits per heavy atom. The van der Waals surface area contributed by atoms with Crippen molar-refractivity contribution in [1.82, 2.24) is 10.2 Å². The molecule has 1 aliphatic rings. The van der Waals surface area contributed by atoms with E-state index in [1.807, 2.05) is 60.7 Å². The van der Waals surface area contributed by atoms with Gasteiger partial charge in [0.15, 0.2) is 0 Å². The molecule has 1 heterocycles. The largest absolute Gasteiger partial charge is 0.466 e. The molecule has 2 aromatic carbocycles. The summed E-state index contributed by atoms with van der Waals surface area (Å²) < 4.78 is 10.3. The number of rotatable bonds is 4. The average molecular weight is 380 g/mol. The Hall–Kier alpha value is -3.28. The summed E-state index contributed by atoms with van der Waals surface area (Å²) in [5.41, 5.74) is 2.66. The van der Waals surface area contributed by atoms with Gasteiger partial charge in [-0.1, -0.05) is 60.7 Å². The Bertz CT molecular complexity index is 821. The van der Waals surface area contributed by atoms with E-state index in [-0.39, 0.29) is 18.7 Å². The Balaban J connectivity index is 1.79. The number of nitrogens with one attached hydrogen (secondary N) is 1. The van der Waals surface area contributed by atoms with Crippen molar-refractivity contribution in [1.29, 1.82) is 0 Å². The van der Waals surface area contributed by atoms with Gasteiger partial charge >= 0.3 is 12.1 Å². The van der Waals surface area contributed by atoms with E-state index < -0.39 is 5.97 Å². The average Bonchev–Trinajstić information content (AvgIpc) is 2.96. The second kappa shape index (κ2) is 9.60. The van der Waals surface area contributed by atoms with Crippen LogP contribution >= 0.6 is 0 Å². The fourth-order valence-electron chi connectivity index (χ4n) is 3.19. The molecule has 1 unspecified atom stereocenters. The minimum Gasteiger partial charge on any atom is -0.466 e. The number of amides is 1. The van der Waals surface area contributed by atoms with Gasteiger partial charge in [0.1, 0.15) is 6.61 Å². The van der Waals surface area contributed by atoms with Crippen LogP contribution in [0.3, 0.4) is 0 Å². The van der Waals surface area contributed by atoms with Gasteiger partial charge in [-0.05, 0) is 11.1 Å². The lowest BCUT2D eigenvalue weighted by atomic mass is 10.0. The Morgan fingerprint density at radius 3 is 2.46 bits per heavy atom. The summed E-state index contributed by atoms with van der Waals surface area (Å²) in [6, 6.07) is 19.1. The van der Waals surface area contributed by atoms with E-state index in [2.05, 4.69) is 5.32 Å². The SMILES string of the molecule is COC(=O)/C=C1/CC(c2ccccc2)N(C(=O)OCc2ccccc2)CCN1. The van der Waals surface area contributed by atoms with Crippen molar-refractivity contribution in [3.05, 3.63) is 83.6 Å². The molecule has 0 aliphatic carbocycles.